The predicted octanol–water partition coefficient (Wildman–Crippen LogP) is 5.39. The second-order valence-electron chi connectivity index (χ2n) is 9.02. The van der Waals surface area contributed by atoms with Crippen LogP contribution in [0, 0.1) is 5.82 Å². The van der Waals surface area contributed by atoms with Gasteiger partial charge in [0.05, 0.1) is 5.56 Å². The second kappa shape index (κ2) is 9.57. The van der Waals surface area contributed by atoms with Crippen molar-refractivity contribution in [2.45, 2.75) is 57.9 Å². The molecule has 2 aromatic heterocycles. The van der Waals surface area contributed by atoms with E-state index >= 15 is 0 Å². The molecule has 1 unspecified atom stereocenters. The highest BCUT2D eigenvalue weighted by Crippen LogP contribution is 2.39. The highest BCUT2D eigenvalue weighted by atomic mass is 79.9. The molecule has 0 saturated carbocycles. The zero-order valence-corrected chi connectivity index (χ0v) is 21.6. The lowest BCUT2D eigenvalue weighted by atomic mass is 9.94. The van der Waals surface area contributed by atoms with E-state index in [1.165, 1.54) is 10.6 Å². The van der Waals surface area contributed by atoms with Crippen molar-refractivity contribution < 1.29 is 17.6 Å². The van der Waals surface area contributed by atoms with Gasteiger partial charge in [0.25, 0.3) is 5.56 Å². The fraction of sp³-hybridized carbons (Fsp3) is 0.500. The first-order valence-corrected chi connectivity index (χ1v) is 12.4. The molecule has 3 heterocycles. The molecular formula is C24H28BrF4N5O. The summed E-state index contributed by atoms with van der Waals surface area (Å²) in [7, 11) is 1.68. The Kier molecular flexibility index (Phi) is 7.02. The van der Waals surface area contributed by atoms with Gasteiger partial charge in [-0.25, -0.2) is 4.39 Å². The number of alkyl halides is 3. The number of benzene rings is 1. The average Bonchev–Trinajstić information content (AvgIpc) is 3.21. The third kappa shape index (κ3) is 4.72. The summed E-state index contributed by atoms with van der Waals surface area (Å²) in [5.41, 5.74) is -0.406. The number of fused-ring (bicyclic) bond motifs is 1. The van der Waals surface area contributed by atoms with Crippen molar-refractivity contribution in [1.82, 2.24) is 19.1 Å². The quantitative estimate of drug-likeness (QED) is 0.394. The van der Waals surface area contributed by atoms with E-state index in [4.69, 9.17) is 0 Å². The second-order valence-corrected chi connectivity index (χ2v) is 9.83. The normalized spacial score (nSPS) is 20.5. The van der Waals surface area contributed by atoms with Gasteiger partial charge >= 0.3 is 6.18 Å². The Morgan fingerprint density at radius 1 is 1.11 bits per heavy atom. The van der Waals surface area contributed by atoms with E-state index < -0.39 is 23.6 Å². The smallest absolute Gasteiger partial charge is 0.351 e. The topological polar surface area (TPSA) is 45.8 Å². The zero-order chi connectivity index (χ0) is 25.7. The number of halogens is 5. The van der Waals surface area contributed by atoms with Crippen LogP contribution < -0.4 is 10.5 Å². The SMILES string of the molecule is CC[C@H]1CN(C(C)c2ccc(F)cc2C(F)(F)F)[C@H](CC)CN1c1cc(=O)n(C)c2cc(Br)nn12. The van der Waals surface area contributed by atoms with Crippen LogP contribution in [0.3, 0.4) is 0 Å². The molecule has 35 heavy (non-hydrogen) atoms. The van der Waals surface area contributed by atoms with Crippen molar-refractivity contribution in [1.29, 1.82) is 0 Å². The summed E-state index contributed by atoms with van der Waals surface area (Å²) in [6.45, 7) is 6.76. The zero-order valence-electron chi connectivity index (χ0n) is 20.0. The van der Waals surface area contributed by atoms with Crippen LogP contribution in [0.25, 0.3) is 5.65 Å². The van der Waals surface area contributed by atoms with E-state index in [2.05, 4.69) is 30.8 Å². The number of aryl methyl sites for hydroxylation is 1. The fourth-order valence-corrected chi connectivity index (χ4v) is 5.46. The summed E-state index contributed by atoms with van der Waals surface area (Å²) in [5, 5.41) is 4.52. The first-order valence-electron chi connectivity index (χ1n) is 11.6. The molecule has 0 amide bonds. The lowest BCUT2D eigenvalue weighted by molar-refractivity contribution is -0.139. The van der Waals surface area contributed by atoms with Gasteiger partial charge in [0.1, 0.15) is 21.9 Å². The molecule has 190 valence electrons. The Morgan fingerprint density at radius 2 is 1.80 bits per heavy atom. The molecule has 0 radical (unpaired) electrons. The maximum Gasteiger partial charge on any atom is 0.416 e. The Morgan fingerprint density at radius 3 is 2.43 bits per heavy atom. The molecule has 1 aromatic carbocycles. The Balaban J connectivity index is 1.74. The van der Waals surface area contributed by atoms with E-state index in [9.17, 15) is 22.4 Å². The summed E-state index contributed by atoms with van der Waals surface area (Å²) in [6, 6.07) is 5.51. The van der Waals surface area contributed by atoms with Crippen LogP contribution in [-0.4, -0.2) is 44.3 Å². The largest absolute Gasteiger partial charge is 0.416 e. The Labute approximate surface area is 209 Å². The van der Waals surface area contributed by atoms with Gasteiger partial charge < -0.3 is 4.90 Å². The molecule has 4 rings (SSSR count). The summed E-state index contributed by atoms with van der Waals surface area (Å²) in [6.07, 6.45) is -3.24. The number of aromatic nitrogens is 3. The molecule has 6 nitrogen and oxygen atoms in total. The van der Waals surface area contributed by atoms with Crippen LogP contribution in [0.2, 0.25) is 0 Å². The molecule has 0 bridgehead atoms. The molecular weight excluding hydrogens is 530 g/mol. The minimum atomic E-state index is -4.65. The molecule has 1 fully saturated rings. The molecule has 0 N–H and O–H groups in total. The van der Waals surface area contributed by atoms with E-state index in [1.54, 1.807) is 30.6 Å². The minimum Gasteiger partial charge on any atom is -0.351 e. The maximum atomic E-state index is 13.7. The van der Waals surface area contributed by atoms with Gasteiger partial charge in [-0.15, -0.1) is 0 Å². The predicted molar refractivity (Wildman–Crippen MR) is 130 cm³/mol. The van der Waals surface area contributed by atoms with Gasteiger partial charge in [-0.05, 0) is 53.4 Å². The first kappa shape index (κ1) is 25.7. The van der Waals surface area contributed by atoms with Gasteiger partial charge in [0.2, 0.25) is 0 Å². The minimum absolute atomic E-state index is 0.0617. The average molecular weight is 558 g/mol. The van der Waals surface area contributed by atoms with E-state index in [-0.39, 0.29) is 23.2 Å². The maximum absolute atomic E-state index is 13.7. The van der Waals surface area contributed by atoms with E-state index in [0.29, 0.717) is 48.1 Å². The number of hydrogen-bond donors (Lipinski definition) is 0. The van der Waals surface area contributed by atoms with Crippen LogP contribution >= 0.6 is 15.9 Å². The van der Waals surface area contributed by atoms with Crippen molar-refractivity contribution in [2.24, 2.45) is 7.05 Å². The summed E-state index contributed by atoms with van der Waals surface area (Å²) in [5.74, 6) is -0.249. The first-order chi connectivity index (χ1) is 16.5. The van der Waals surface area contributed by atoms with E-state index in [1.807, 2.05) is 13.8 Å². The van der Waals surface area contributed by atoms with Crippen molar-refractivity contribution in [3.8, 4) is 0 Å². The lowest BCUT2D eigenvalue weighted by Crippen LogP contribution is -2.59. The lowest BCUT2D eigenvalue weighted by Gasteiger charge is -2.49. The molecule has 3 atom stereocenters. The van der Waals surface area contributed by atoms with Gasteiger partial charge in [-0.3, -0.25) is 14.3 Å². The van der Waals surface area contributed by atoms with Crippen molar-refractivity contribution in [3.63, 3.8) is 0 Å². The van der Waals surface area contributed by atoms with Crippen molar-refractivity contribution in [2.75, 3.05) is 18.0 Å². The summed E-state index contributed by atoms with van der Waals surface area (Å²) < 4.78 is 58.8. The van der Waals surface area contributed by atoms with Crippen LogP contribution in [0.5, 0.6) is 0 Å². The molecule has 3 aromatic rings. The van der Waals surface area contributed by atoms with Crippen LogP contribution in [-0.2, 0) is 13.2 Å². The molecule has 1 aliphatic rings. The van der Waals surface area contributed by atoms with Gasteiger partial charge in [0.15, 0.2) is 0 Å². The molecule has 11 heteroatoms. The molecule has 1 aliphatic heterocycles. The number of rotatable bonds is 5. The third-order valence-electron chi connectivity index (χ3n) is 7.05. The number of nitrogens with zero attached hydrogens (tertiary/aromatic N) is 5. The summed E-state index contributed by atoms with van der Waals surface area (Å²) in [4.78, 5) is 16.9. The molecule has 0 aliphatic carbocycles. The van der Waals surface area contributed by atoms with Gasteiger partial charge in [-0.1, -0.05) is 19.9 Å². The number of piperazine rings is 1. The molecule has 1 saturated heterocycles. The van der Waals surface area contributed by atoms with Crippen LogP contribution in [0.4, 0.5) is 23.4 Å². The van der Waals surface area contributed by atoms with Crippen molar-refractivity contribution >= 4 is 27.4 Å². The fourth-order valence-electron chi connectivity index (χ4n) is 5.09. The van der Waals surface area contributed by atoms with Crippen molar-refractivity contribution in [3.05, 3.63) is 62.2 Å². The standard InChI is InChI=1S/C24H28BrF4N5O/c1-5-16-13-33(22-11-23(35)31(4)21-10-20(25)30-34(21)22)17(6-2)12-32(16)14(3)18-8-7-15(26)9-19(18)24(27,28)29/h7-11,14,16-17H,5-6,12-13H2,1-4H3/t14?,16-,17+/m1/s1. The van der Waals surface area contributed by atoms with Crippen LogP contribution in [0.15, 0.2) is 39.7 Å². The van der Waals surface area contributed by atoms with Gasteiger partial charge in [-0.2, -0.15) is 22.8 Å². The monoisotopic (exact) mass is 557 g/mol. The Hall–Kier alpha value is -2.40. The number of anilines is 1. The highest BCUT2D eigenvalue weighted by Gasteiger charge is 2.40. The number of hydrogen-bond acceptors (Lipinski definition) is 4. The van der Waals surface area contributed by atoms with E-state index in [0.717, 1.165) is 6.07 Å². The van der Waals surface area contributed by atoms with Gasteiger partial charge in [0, 0.05) is 50.4 Å². The highest BCUT2D eigenvalue weighted by molar-refractivity contribution is 9.10. The van der Waals surface area contributed by atoms with Crippen LogP contribution in [0.1, 0.15) is 50.8 Å². The Bertz CT molecular complexity index is 1290. The molecule has 0 spiro atoms. The summed E-state index contributed by atoms with van der Waals surface area (Å²) >= 11 is 3.39. The third-order valence-corrected chi connectivity index (χ3v) is 7.44.